The fraction of sp³-hybridized carbons (Fsp3) is 0.350. The number of hydrogen-bond donors (Lipinski definition) is 1. The number of anilines is 1. The quantitative estimate of drug-likeness (QED) is 0.946. The summed E-state index contributed by atoms with van der Waals surface area (Å²) in [5.74, 6) is 0.0958. The first-order valence-electron chi connectivity index (χ1n) is 8.36. The highest BCUT2D eigenvalue weighted by atomic mass is 16.2. The lowest BCUT2D eigenvalue weighted by molar-refractivity contribution is 0.0989. The molecule has 3 nitrogen and oxygen atoms in total. The summed E-state index contributed by atoms with van der Waals surface area (Å²) in [7, 11) is 0. The van der Waals surface area contributed by atoms with E-state index in [1.165, 1.54) is 16.7 Å². The van der Waals surface area contributed by atoms with Gasteiger partial charge in [-0.3, -0.25) is 4.79 Å². The van der Waals surface area contributed by atoms with Crippen LogP contribution in [0.3, 0.4) is 0 Å². The third kappa shape index (κ3) is 2.27. The van der Waals surface area contributed by atoms with Gasteiger partial charge in [0.2, 0.25) is 0 Å². The number of benzene rings is 2. The molecule has 0 spiro atoms. The van der Waals surface area contributed by atoms with Gasteiger partial charge >= 0.3 is 0 Å². The zero-order chi connectivity index (χ0) is 16.0. The summed E-state index contributed by atoms with van der Waals surface area (Å²) in [5.41, 5.74) is 11.7. The van der Waals surface area contributed by atoms with Crippen LogP contribution in [0.25, 0.3) is 0 Å². The van der Waals surface area contributed by atoms with Gasteiger partial charge in [-0.15, -0.1) is 0 Å². The van der Waals surface area contributed by atoms with E-state index in [0.29, 0.717) is 6.54 Å². The Morgan fingerprint density at radius 3 is 2.57 bits per heavy atom. The van der Waals surface area contributed by atoms with Crippen LogP contribution in [0.4, 0.5) is 5.69 Å². The predicted octanol–water partition coefficient (Wildman–Crippen LogP) is 3.19. The molecular formula is C20H22N2O. The summed E-state index contributed by atoms with van der Waals surface area (Å²) in [6.45, 7) is 3.58. The first-order valence-corrected chi connectivity index (χ1v) is 8.36. The summed E-state index contributed by atoms with van der Waals surface area (Å²) in [6.07, 6.45) is 3.27. The SMILES string of the molecule is Cc1cccc2c1CCN2C(=O)c1ccc(C2(CN)CC2)cc1. The smallest absolute Gasteiger partial charge is 0.258 e. The van der Waals surface area contributed by atoms with E-state index >= 15 is 0 Å². The van der Waals surface area contributed by atoms with Crippen molar-refractivity contribution in [3.63, 3.8) is 0 Å². The number of nitrogens with two attached hydrogens (primary N) is 1. The summed E-state index contributed by atoms with van der Waals surface area (Å²) >= 11 is 0. The normalized spacial score (nSPS) is 17.9. The van der Waals surface area contributed by atoms with E-state index in [9.17, 15) is 4.79 Å². The first kappa shape index (κ1) is 14.5. The number of rotatable bonds is 3. The van der Waals surface area contributed by atoms with Gasteiger partial charge in [-0.1, -0.05) is 24.3 Å². The molecule has 1 aliphatic carbocycles. The Bertz CT molecular complexity index is 760. The number of fused-ring (bicyclic) bond motifs is 1. The van der Waals surface area contributed by atoms with E-state index in [-0.39, 0.29) is 11.3 Å². The van der Waals surface area contributed by atoms with Crippen molar-refractivity contribution < 1.29 is 4.79 Å². The standard InChI is InChI=1S/C20H22N2O/c1-14-3-2-4-18-17(14)9-12-22(18)19(23)15-5-7-16(8-6-15)20(13-21)10-11-20/h2-8H,9-13,21H2,1H3. The van der Waals surface area contributed by atoms with Gasteiger partial charge in [-0.2, -0.15) is 0 Å². The number of carbonyl (C=O) groups excluding carboxylic acids is 1. The summed E-state index contributed by atoms with van der Waals surface area (Å²) < 4.78 is 0. The number of nitrogens with zero attached hydrogens (tertiary/aromatic N) is 1. The maximum Gasteiger partial charge on any atom is 0.258 e. The fourth-order valence-corrected chi connectivity index (χ4v) is 3.70. The zero-order valence-corrected chi connectivity index (χ0v) is 13.5. The van der Waals surface area contributed by atoms with Gasteiger partial charge < -0.3 is 10.6 Å². The lowest BCUT2D eigenvalue weighted by Crippen LogP contribution is -2.29. The monoisotopic (exact) mass is 306 g/mol. The van der Waals surface area contributed by atoms with Crippen molar-refractivity contribution in [3.05, 3.63) is 64.7 Å². The second kappa shape index (κ2) is 5.20. The van der Waals surface area contributed by atoms with E-state index in [4.69, 9.17) is 5.73 Å². The molecule has 1 heterocycles. The van der Waals surface area contributed by atoms with Gasteiger partial charge in [0.25, 0.3) is 5.91 Å². The van der Waals surface area contributed by atoms with E-state index in [1.807, 2.05) is 23.1 Å². The van der Waals surface area contributed by atoms with Gasteiger partial charge in [0.05, 0.1) is 0 Å². The number of carbonyl (C=O) groups is 1. The van der Waals surface area contributed by atoms with Gasteiger partial charge in [-0.05, 0) is 61.1 Å². The topological polar surface area (TPSA) is 46.3 Å². The minimum Gasteiger partial charge on any atom is -0.330 e. The summed E-state index contributed by atoms with van der Waals surface area (Å²) in [6, 6.07) is 14.3. The van der Waals surface area contributed by atoms with Crippen LogP contribution in [0.2, 0.25) is 0 Å². The van der Waals surface area contributed by atoms with Crippen molar-refractivity contribution in [3.8, 4) is 0 Å². The fourth-order valence-electron chi connectivity index (χ4n) is 3.70. The highest BCUT2D eigenvalue weighted by molar-refractivity contribution is 6.07. The van der Waals surface area contributed by atoms with E-state index in [2.05, 4.69) is 31.2 Å². The Morgan fingerprint density at radius 1 is 1.17 bits per heavy atom. The van der Waals surface area contributed by atoms with Gasteiger partial charge in [0.15, 0.2) is 0 Å². The molecule has 1 amide bonds. The molecular weight excluding hydrogens is 284 g/mol. The molecule has 1 fully saturated rings. The molecule has 118 valence electrons. The highest BCUT2D eigenvalue weighted by Crippen LogP contribution is 2.47. The van der Waals surface area contributed by atoms with Crippen molar-refractivity contribution in [2.24, 2.45) is 5.73 Å². The van der Waals surface area contributed by atoms with Gasteiger partial charge in [0.1, 0.15) is 0 Å². The Balaban J connectivity index is 1.60. The van der Waals surface area contributed by atoms with Crippen molar-refractivity contribution in [1.82, 2.24) is 0 Å². The molecule has 0 radical (unpaired) electrons. The maximum atomic E-state index is 12.9. The molecule has 23 heavy (non-hydrogen) atoms. The lowest BCUT2D eigenvalue weighted by atomic mass is 9.95. The molecule has 0 bridgehead atoms. The molecule has 3 heteroatoms. The molecule has 1 saturated carbocycles. The average molecular weight is 306 g/mol. The largest absolute Gasteiger partial charge is 0.330 e. The van der Waals surface area contributed by atoms with Crippen LogP contribution >= 0.6 is 0 Å². The van der Waals surface area contributed by atoms with Crippen LogP contribution in [0.15, 0.2) is 42.5 Å². The molecule has 2 aromatic rings. The molecule has 0 unspecified atom stereocenters. The van der Waals surface area contributed by atoms with Crippen LogP contribution in [-0.2, 0) is 11.8 Å². The molecule has 4 rings (SSSR count). The second-order valence-electron chi connectivity index (χ2n) is 6.84. The minimum atomic E-state index is 0.0958. The number of amides is 1. The van der Waals surface area contributed by atoms with Crippen LogP contribution in [0.5, 0.6) is 0 Å². The Hall–Kier alpha value is -2.13. The molecule has 0 atom stereocenters. The molecule has 0 aromatic heterocycles. The summed E-state index contributed by atoms with van der Waals surface area (Å²) in [5, 5.41) is 0. The van der Waals surface area contributed by atoms with Crippen molar-refractivity contribution in [2.45, 2.75) is 31.6 Å². The Kier molecular flexibility index (Phi) is 3.27. The van der Waals surface area contributed by atoms with E-state index < -0.39 is 0 Å². The summed E-state index contributed by atoms with van der Waals surface area (Å²) in [4.78, 5) is 14.8. The van der Waals surface area contributed by atoms with Crippen LogP contribution < -0.4 is 10.6 Å². The molecule has 0 saturated heterocycles. The molecule has 2 aliphatic rings. The predicted molar refractivity (Wildman–Crippen MR) is 93.0 cm³/mol. The minimum absolute atomic E-state index is 0.0958. The Labute approximate surface area is 137 Å². The second-order valence-corrected chi connectivity index (χ2v) is 6.84. The van der Waals surface area contributed by atoms with E-state index in [1.54, 1.807) is 0 Å². The molecule has 2 N–H and O–H groups in total. The van der Waals surface area contributed by atoms with Gasteiger partial charge in [-0.25, -0.2) is 0 Å². The van der Waals surface area contributed by atoms with Crippen molar-refractivity contribution >= 4 is 11.6 Å². The molecule has 2 aromatic carbocycles. The Morgan fingerprint density at radius 2 is 1.91 bits per heavy atom. The third-order valence-corrected chi connectivity index (χ3v) is 5.50. The van der Waals surface area contributed by atoms with Gasteiger partial charge in [0, 0.05) is 29.8 Å². The maximum absolute atomic E-state index is 12.9. The average Bonchev–Trinajstić information content (AvgIpc) is 3.27. The number of aryl methyl sites for hydroxylation is 1. The van der Waals surface area contributed by atoms with E-state index in [0.717, 1.165) is 37.1 Å². The first-order chi connectivity index (χ1) is 11.1. The third-order valence-electron chi connectivity index (χ3n) is 5.50. The van der Waals surface area contributed by atoms with Crippen LogP contribution in [-0.4, -0.2) is 19.0 Å². The van der Waals surface area contributed by atoms with Crippen molar-refractivity contribution in [2.75, 3.05) is 18.0 Å². The van der Waals surface area contributed by atoms with Crippen LogP contribution in [0.1, 0.15) is 39.9 Å². The van der Waals surface area contributed by atoms with Crippen molar-refractivity contribution in [1.29, 1.82) is 0 Å². The highest BCUT2D eigenvalue weighted by Gasteiger charge is 2.42. The lowest BCUT2D eigenvalue weighted by Gasteiger charge is -2.19. The number of hydrogen-bond acceptors (Lipinski definition) is 2. The van der Waals surface area contributed by atoms with Crippen LogP contribution in [0, 0.1) is 6.92 Å². The zero-order valence-electron chi connectivity index (χ0n) is 13.5. The molecule has 1 aliphatic heterocycles.